The van der Waals surface area contributed by atoms with Gasteiger partial charge in [0.15, 0.2) is 5.65 Å². The number of aromatic amines is 1. The van der Waals surface area contributed by atoms with Crippen LogP contribution in [0.2, 0.25) is 0 Å². The molecule has 0 radical (unpaired) electrons. The third kappa shape index (κ3) is 0.580. The van der Waals surface area contributed by atoms with E-state index >= 15 is 0 Å². The molecule has 0 saturated carbocycles. The SMILES string of the molecule is c1cc2ccc3nc[nH]n3c-2c1. The third-order valence-electron chi connectivity index (χ3n) is 2.09. The Morgan fingerprint density at radius 3 is 3.17 bits per heavy atom. The fourth-order valence-electron chi connectivity index (χ4n) is 1.52. The lowest BCUT2D eigenvalue weighted by Crippen LogP contribution is -1.91. The topological polar surface area (TPSA) is 33.1 Å². The molecular weight excluding hydrogens is 150 g/mol. The Bertz CT molecular complexity index is 491. The Kier molecular flexibility index (Phi) is 0.913. The first-order chi connectivity index (χ1) is 5.95. The summed E-state index contributed by atoms with van der Waals surface area (Å²) in [4.78, 5) is 4.16. The maximum atomic E-state index is 4.16. The zero-order valence-electron chi connectivity index (χ0n) is 6.36. The standard InChI is InChI=1S/C9H7N3/c1-2-7-4-5-9-10-6-11-12(9)8(7)3-1/h1-6H,(H,10,11). The number of nitrogens with zero attached hydrogens (tertiary/aromatic N) is 2. The molecule has 12 heavy (non-hydrogen) atoms. The van der Waals surface area contributed by atoms with Gasteiger partial charge in [0.05, 0.1) is 5.69 Å². The number of nitrogens with one attached hydrogen (secondary N) is 1. The van der Waals surface area contributed by atoms with Gasteiger partial charge in [-0.05, 0) is 18.2 Å². The molecule has 0 unspecified atom stereocenters. The summed E-state index contributed by atoms with van der Waals surface area (Å²) in [5.74, 6) is 0. The predicted molar refractivity (Wildman–Crippen MR) is 46.2 cm³/mol. The quantitative estimate of drug-likeness (QED) is 0.530. The summed E-state index contributed by atoms with van der Waals surface area (Å²) in [6.45, 7) is 0. The van der Waals surface area contributed by atoms with E-state index in [0.717, 1.165) is 5.65 Å². The Balaban J connectivity index is 2.61. The molecule has 0 amide bonds. The summed E-state index contributed by atoms with van der Waals surface area (Å²) in [6, 6.07) is 10.3. The smallest absolute Gasteiger partial charge is 0.153 e. The monoisotopic (exact) mass is 157 g/mol. The highest BCUT2D eigenvalue weighted by atomic mass is 15.3. The van der Waals surface area contributed by atoms with Gasteiger partial charge in [0.25, 0.3) is 0 Å². The van der Waals surface area contributed by atoms with Crippen LogP contribution in [0.4, 0.5) is 0 Å². The van der Waals surface area contributed by atoms with Crippen molar-refractivity contribution in [3.8, 4) is 11.3 Å². The second kappa shape index (κ2) is 1.88. The lowest BCUT2D eigenvalue weighted by Gasteiger charge is -2.00. The summed E-state index contributed by atoms with van der Waals surface area (Å²) in [7, 11) is 0. The Hall–Kier alpha value is -1.77. The molecular formula is C9H7N3. The van der Waals surface area contributed by atoms with Crippen molar-refractivity contribution in [3.05, 3.63) is 36.7 Å². The zero-order chi connectivity index (χ0) is 7.97. The highest BCUT2D eigenvalue weighted by Gasteiger charge is 2.05. The van der Waals surface area contributed by atoms with Gasteiger partial charge < -0.3 is 0 Å². The van der Waals surface area contributed by atoms with Crippen LogP contribution in [0.5, 0.6) is 0 Å². The van der Waals surface area contributed by atoms with E-state index in [2.05, 4.69) is 28.3 Å². The molecule has 0 aromatic carbocycles. The molecule has 0 saturated heterocycles. The van der Waals surface area contributed by atoms with Crippen LogP contribution in [0.25, 0.3) is 16.9 Å². The Labute approximate surface area is 69.0 Å². The Morgan fingerprint density at radius 1 is 1.17 bits per heavy atom. The van der Waals surface area contributed by atoms with Gasteiger partial charge in [0.1, 0.15) is 6.33 Å². The van der Waals surface area contributed by atoms with Crippen LogP contribution in [0.3, 0.4) is 0 Å². The van der Waals surface area contributed by atoms with Crippen molar-refractivity contribution in [1.82, 2.24) is 14.6 Å². The number of hydrogen-bond donors (Lipinski definition) is 1. The zero-order valence-corrected chi connectivity index (χ0v) is 6.36. The normalized spacial score (nSPS) is 11.3. The number of aromatic nitrogens is 3. The van der Waals surface area contributed by atoms with Crippen molar-refractivity contribution >= 4 is 5.65 Å². The van der Waals surface area contributed by atoms with Gasteiger partial charge in [-0.3, -0.25) is 5.10 Å². The minimum Gasteiger partial charge on any atom is -0.282 e. The summed E-state index contributed by atoms with van der Waals surface area (Å²) in [5.41, 5.74) is 3.36. The highest BCUT2D eigenvalue weighted by molar-refractivity contribution is 5.66. The molecule has 3 rings (SSSR count). The fourth-order valence-corrected chi connectivity index (χ4v) is 1.52. The molecule has 1 aromatic rings. The summed E-state index contributed by atoms with van der Waals surface area (Å²) < 4.78 is 1.97. The van der Waals surface area contributed by atoms with E-state index in [1.807, 2.05) is 16.6 Å². The van der Waals surface area contributed by atoms with Crippen LogP contribution < -0.4 is 0 Å². The van der Waals surface area contributed by atoms with Crippen LogP contribution in [-0.2, 0) is 0 Å². The second-order valence-electron chi connectivity index (χ2n) is 2.78. The summed E-state index contributed by atoms with van der Waals surface area (Å²) in [5, 5.41) is 3.05. The number of rotatable bonds is 0. The second-order valence-corrected chi connectivity index (χ2v) is 2.78. The summed E-state index contributed by atoms with van der Waals surface area (Å²) in [6.07, 6.45) is 1.70. The Morgan fingerprint density at radius 2 is 2.17 bits per heavy atom. The van der Waals surface area contributed by atoms with E-state index in [9.17, 15) is 0 Å². The first-order valence-corrected chi connectivity index (χ1v) is 3.85. The van der Waals surface area contributed by atoms with Crippen LogP contribution in [0.15, 0.2) is 36.7 Å². The molecule has 1 N–H and O–H groups in total. The minimum absolute atomic E-state index is 0.953. The number of fused-ring (bicyclic) bond motifs is 3. The number of H-pyrrole nitrogens is 1. The van der Waals surface area contributed by atoms with Gasteiger partial charge in [-0.1, -0.05) is 12.1 Å². The van der Waals surface area contributed by atoms with Crippen molar-refractivity contribution in [1.29, 1.82) is 0 Å². The summed E-state index contributed by atoms with van der Waals surface area (Å²) >= 11 is 0. The van der Waals surface area contributed by atoms with E-state index in [1.165, 1.54) is 11.3 Å². The van der Waals surface area contributed by atoms with Gasteiger partial charge in [-0.15, -0.1) is 0 Å². The molecule has 2 aliphatic rings. The van der Waals surface area contributed by atoms with Crippen molar-refractivity contribution < 1.29 is 0 Å². The maximum absolute atomic E-state index is 4.16. The molecule has 58 valence electrons. The molecule has 0 atom stereocenters. The molecule has 1 aliphatic carbocycles. The fraction of sp³-hybridized carbons (Fsp3) is 0. The lowest BCUT2D eigenvalue weighted by atomic mass is 10.2. The van der Waals surface area contributed by atoms with Gasteiger partial charge in [0.2, 0.25) is 0 Å². The van der Waals surface area contributed by atoms with Gasteiger partial charge in [-0.25, -0.2) is 9.50 Å². The van der Waals surface area contributed by atoms with Crippen molar-refractivity contribution in [3.63, 3.8) is 0 Å². The van der Waals surface area contributed by atoms with Gasteiger partial charge >= 0.3 is 0 Å². The molecule has 2 heterocycles. The van der Waals surface area contributed by atoms with Gasteiger partial charge in [0, 0.05) is 5.56 Å². The van der Waals surface area contributed by atoms with Crippen molar-refractivity contribution in [2.45, 2.75) is 0 Å². The molecule has 0 spiro atoms. The largest absolute Gasteiger partial charge is 0.282 e. The molecule has 0 fully saturated rings. The average molecular weight is 157 g/mol. The first-order valence-electron chi connectivity index (χ1n) is 3.85. The van der Waals surface area contributed by atoms with E-state index in [-0.39, 0.29) is 0 Å². The molecule has 3 heteroatoms. The van der Waals surface area contributed by atoms with Crippen LogP contribution in [0.1, 0.15) is 0 Å². The molecule has 0 bridgehead atoms. The van der Waals surface area contributed by atoms with Crippen LogP contribution in [-0.4, -0.2) is 14.6 Å². The number of pyridine rings is 1. The average Bonchev–Trinajstić information content (AvgIpc) is 2.71. The van der Waals surface area contributed by atoms with Crippen molar-refractivity contribution in [2.75, 3.05) is 0 Å². The number of hydrogen-bond acceptors (Lipinski definition) is 1. The van der Waals surface area contributed by atoms with E-state index in [0.29, 0.717) is 0 Å². The minimum atomic E-state index is 0.953. The van der Waals surface area contributed by atoms with E-state index in [1.54, 1.807) is 6.33 Å². The first kappa shape index (κ1) is 5.83. The van der Waals surface area contributed by atoms with Crippen molar-refractivity contribution in [2.24, 2.45) is 0 Å². The van der Waals surface area contributed by atoms with E-state index < -0.39 is 0 Å². The lowest BCUT2D eigenvalue weighted by molar-refractivity contribution is 0.972. The van der Waals surface area contributed by atoms with E-state index in [4.69, 9.17) is 0 Å². The highest BCUT2D eigenvalue weighted by Crippen LogP contribution is 2.22. The van der Waals surface area contributed by atoms with Gasteiger partial charge in [-0.2, -0.15) is 0 Å². The third-order valence-corrected chi connectivity index (χ3v) is 2.09. The molecule has 3 nitrogen and oxygen atoms in total. The predicted octanol–water partition coefficient (Wildman–Crippen LogP) is 1.77. The maximum Gasteiger partial charge on any atom is 0.153 e. The molecule has 1 aliphatic heterocycles. The van der Waals surface area contributed by atoms with Crippen LogP contribution >= 0.6 is 0 Å². The molecule has 1 aromatic heterocycles. The van der Waals surface area contributed by atoms with Crippen LogP contribution in [0, 0.1) is 0 Å².